The van der Waals surface area contributed by atoms with E-state index in [4.69, 9.17) is 10.7 Å². The first kappa shape index (κ1) is 25.8. The molecule has 0 fully saturated rings. The summed E-state index contributed by atoms with van der Waals surface area (Å²) in [4.78, 5) is 21.9. The Morgan fingerprint density at radius 2 is 1.94 bits per heavy atom. The Labute approximate surface area is 202 Å². The quantitative estimate of drug-likeness (QED) is 0.341. The highest BCUT2D eigenvalue weighted by Gasteiger charge is 2.27. The Kier molecular flexibility index (Phi) is 8.38. The van der Waals surface area contributed by atoms with Crippen LogP contribution in [0.4, 0.5) is 5.82 Å². The molecule has 0 unspecified atom stereocenters. The summed E-state index contributed by atoms with van der Waals surface area (Å²) in [5, 5.41) is 18.8. The molecule has 8 nitrogen and oxygen atoms in total. The van der Waals surface area contributed by atoms with E-state index >= 15 is 0 Å². The first-order chi connectivity index (χ1) is 16.3. The number of fused-ring (bicyclic) bond motifs is 1. The van der Waals surface area contributed by atoms with E-state index in [1.807, 2.05) is 26.0 Å². The molecule has 8 heteroatoms. The van der Waals surface area contributed by atoms with Crippen molar-refractivity contribution in [1.82, 2.24) is 24.9 Å². The van der Waals surface area contributed by atoms with E-state index in [1.165, 1.54) is 11.4 Å². The molecule has 0 saturated heterocycles. The number of pyridine rings is 1. The number of nitrogens with one attached hydrogen (secondary N) is 1. The number of nitrogen functional groups attached to an aromatic ring is 1. The van der Waals surface area contributed by atoms with Gasteiger partial charge in [0, 0.05) is 23.4 Å². The highest BCUT2D eigenvalue weighted by atomic mass is 16.3. The molecule has 0 amide bonds. The largest absolute Gasteiger partial charge is 0.384 e. The molecule has 0 aromatic carbocycles. The number of anilines is 1. The summed E-state index contributed by atoms with van der Waals surface area (Å²) < 4.78 is 1.53. The van der Waals surface area contributed by atoms with Crippen LogP contribution in [0.1, 0.15) is 88.5 Å². The lowest BCUT2D eigenvalue weighted by Gasteiger charge is -2.24. The summed E-state index contributed by atoms with van der Waals surface area (Å²) in [6.45, 7) is 10.7. The van der Waals surface area contributed by atoms with Crippen LogP contribution in [0, 0.1) is 0 Å². The maximum Gasteiger partial charge on any atom is 0.165 e. The van der Waals surface area contributed by atoms with Gasteiger partial charge in [-0.15, -0.1) is 0 Å². The van der Waals surface area contributed by atoms with E-state index in [2.05, 4.69) is 29.2 Å². The summed E-state index contributed by atoms with van der Waals surface area (Å²) >= 11 is 0. The van der Waals surface area contributed by atoms with Crippen molar-refractivity contribution in [1.29, 1.82) is 0 Å². The Balaban J connectivity index is 2.01. The summed E-state index contributed by atoms with van der Waals surface area (Å²) in [5.74, 6) is 0.196. The zero-order valence-corrected chi connectivity index (χ0v) is 21.1. The van der Waals surface area contributed by atoms with Gasteiger partial charge in [-0.05, 0) is 58.1 Å². The van der Waals surface area contributed by atoms with Gasteiger partial charge < -0.3 is 16.2 Å². The van der Waals surface area contributed by atoms with Crippen LogP contribution in [0.25, 0.3) is 16.8 Å². The number of hydrogen-bond donors (Lipinski definition) is 3. The number of aromatic nitrogens is 4. The van der Waals surface area contributed by atoms with Crippen molar-refractivity contribution in [3.05, 3.63) is 41.5 Å². The first-order valence-corrected chi connectivity index (χ1v) is 12.4. The molecule has 0 saturated carbocycles. The number of Topliss-reactive ketones (excluding diaryl/α,β-unsaturated/α-hetero) is 1. The maximum absolute atomic E-state index is 12.5. The molecule has 4 N–H and O–H groups in total. The lowest BCUT2D eigenvalue weighted by Crippen LogP contribution is -2.30. The van der Waals surface area contributed by atoms with E-state index in [9.17, 15) is 9.90 Å². The van der Waals surface area contributed by atoms with Crippen LogP contribution in [0.15, 0.2) is 24.5 Å². The Hall–Kier alpha value is -2.84. The number of aryl methyl sites for hydroxylation is 1. The minimum absolute atomic E-state index is 0.113. The first-order valence-electron chi connectivity index (χ1n) is 12.4. The second-order valence-electron chi connectivity index (χ2n) is 8.94. The minimum Gasteiger partial charge on any atom is -0.384 e. The topological polar surface area (TPSA) is 118 Å². The molecule has 0 aliphatic carbocycles. The molecule has 0 spiro atoms. The lowest BCUT2D eigenvalue weighted by atomic mass is 9.92. The van der Waals surface area contributed by atoms with Gasteiger partial charge in [0.25, 0.3) is 0 Å². The monoisotopic (exact) mass is 466 g/mol. The number of carbonyl (C=O) groups is 1. The van der Waals surface area contributed by atoms with Crippen LogP contribution in [0.3, 0.4) is 0 Å². The van der Waals surface area contributed by atoms with Crippen LogP contribution >= 0.6 is 0 Å². The average molecular weight is 467 g/mol. The number of nitrogens with two attached hydrogens (primary N) is 1. The summed E-state index contributed by atoms with van der Waals surface area (Å²) in [6.07, 6.45) is 8.21. The molecule has 184 valence electrons. The van der Waals surface area contributed by atoms with Gasteiger partial charge in [-0.25, -0.2) is 4.98 Å². The fourth-order valence-corrected chi connectivity index (χ4v) is 4.38. The van der Waals surface area contributed by atoms with Crippen molar-refractivity contribution in [2.24, 2.45) is 0 Å². The highest BCUT2D eigenvalue weighted by molar-refractivity contribution is 6.00. The highest BCUT2D eigenvalue weighted by Crippen LogP contribution is 2.31. The van der Waals surface area contributed by atoms with Crippen LogP contribution in [-0.4, -0.2) is 43.1 Å². The molecular weight excluding hydrogens is 428 g/mol. The molecule has 3 rings (SSSR count). The maximum atomic E-state index is 12.5. The van der Waals surface area contributed by atoms with Gasteiger partial charge in [-0.2, -0.15) is 9.61 Å². The molecule has 0 bridgehead atoms. The van der Waals surface area contributed by atoms with Gasteiger partial charge in [0.1, 0.15) is 11.4 Å². The Morgan fingerprint density at radius 1 is 1.21 bits per heavy atom. The third-order valence-electron chi connectivity index (χ3n) is 6.74. The molecule has 3 aromatic heterocycles. The van der Waals surface area contributed by atoms with Crippen molar-refractivity contribution in [3.63, 3.8) is 0 Å². The number of carbonyl (C=O) groups excluding carboxylic acids is 1. The molecular formula is C26H38N6O2. The van der Waals surface area contributed by atoms with E-state index in [0.29, 0.717) is 53.7 Å². The van der Waals surface area contributed by atoms with Gasteiger partial charge in [0.15, 0.2) is 11.4 Å². The zero-order valence-electron chi connectivity index (χ0n) is 21.1. The smallest absolute Gasteiger partial charge is 0.165 e. The van der Waals surface area contributed by atoms with Crippen molar-refractivity contribution in [3.8, 4) is 11.1 Å². The number of nitrogens with zero attached hydrogens (tertiary/aromatic N) is 4. The van der Waals surface area contributed by atoms with Crippen molar-refractivity contribution in [2.45, 2.75) is 84.8 Å². The number of aliphatic hydroxyl groups is 1. The fraction of sp³-hybridized carbons (Fsp3) is 0.538. The lowest BCUT2D eigenvalue weighted by molar-refractivity contribution is 0.0240. The number of ketones is 1. The molecule has 0 aliphatic heterocycles. The van der Waals surface area contributed by atoms with Crippen LogP contribution < -0.4 is 11.1 Å². The SMILES string of the molecule is CCCN[C@H](CC)CCc1nc2c(-c3ccc(C(O)(CC)CC)nc3)cnn2c(N)c1C(C)=O. The van der Waals surface area contributed by atoms with Crippen molar-refractivity contribution in [2.75, 3.05) is 12.3 Å². The molecule has 3 heterocycles. The standard InChI is InChI=1S/C26H38N6O2/c1-6-14-28-19(7-2)11-12-21-23(17(5)33)24(27)32-25(31-21)20(16-30-32)18-10-13-22(29-15-18)26(34,8-3)9-4/h10,13,15-16,19,28,34H,6-9,11-12,14,27H2,1-5H3/t19-/m1/s1. The van der Waals surface area contributed by atoms with Crippen molar-refractivity contribution < 1.29 is 9.90 Å². The third-order valence-corrected chi connectivity index (χ3v) is 6.74. The van der Waals surface area contributed by atoms with Crippen LogP contribution in [0.5, 0.6) is 0 Å². The number of hydrogen-bond acceptors (Lipinski definition) is 7. The van der Waals surface area contributed by atoms with Crippen LogP contribution in [-0.2, 0) is 12.0 Å². The summed E-state index contributed by atoms with van der Waals surface area (Å²) in [5.41, 5.74) is 9.50. The Morgan fingerprint density at radius 3 is 2.50 bits per heavy atom. The molecule has 34 heavy (non-hydrogen) atoms. The molecule has 0 radical (unpaired) electrons. The fourth-order valence-electron chi connectivity index (χ4n) is 4.38. The van der Waals surface area contributed by atoms with Crippen molar-refractivity contribution >= 4 is 17.2 Å². The van der Waals surface area contributed by atoms with E-state index in [0.717, 1.165) is 36.9 Å². The van der Waals surface area contributed by atoms with E-state index in [-0.39, 0.29) is 5.78 Å². The second kappa shape index (κ2) is 11.1. The number of rotatable bonds is 12. The summed E-state index contributed by atoms with van der Waals surface area (Å²) in [7, 11) is 0. The van der Waals surface area contributed by atoms with E-state index in [1.54, 1.807) is 12.4 Å². The van der Waals surface area contributed by atoms with Gasteiger partial charge in [0.2, 0.25) is 0 Å². The summed E-state index contributed by atoms with van der Waals surface area (Å²) in [6, 6.07) is 4.13. The predicted molar refractivity (Wildman–Crippen MR) is 136 cm³/mol. The van der Waals surface area contributed by atoms with Gasteiger partial charge in [0.05, 0.1) is 23.1 Å². The normalized spacial score (nSPS) is 12.9. The molecule has 0 aliphatic rings. The third kappa shape index (κ3) is 5.13. The van der Waals surface area contributed by atoms with Crippen LogP contribution in [0.2, 0.25) is 0 Å². The van der Waals surface area contributed by atoms with Gasteiger partial charge in [-0.3, -0.25) is 9.78 Å². The van der Waals surface area contributed by atoms with Gasteiger partial charge >= 0.3 is 0 Å². The Bertz CT molecular complexity index is 1120. The second-order valence-corrected chi connectivity index (χ2v) is 8.94. The molecule has 3 aromatic rings. The molecule has 1 atom stereocenters. The van der Waals surface area contributed by atoms with Gasteiger partial charge in [-0.1, -0.05) is 33.8 Å². The van der Waals surface area contributed by atoms with E-state index < -0.39 is 5.60 Å². The zero-order chi connectivity index (χ0) is 24.9. The average Bonchev–Trinajstić information content (AvgIpc) is 3.28. The minimum atomic E-state index is -0.937. The predicted octanol–water partition coefficient (Wildman–Crippen LogP) is 4.29.